The number of carbonyl (C=O) groups is 1. The molecule has 0 radical (unpaired) electrons. The van der Waals surface area contributed by atoms with E-state index in [0.717, 1.165) is 0 Å². The predicted octanol–water partition coefficient (Wildman–Crippen LogP) is 5.51. The Morgan fingerprint density at radius 1 is 0.625 bits per heavy atom. The van der Waals surface area contributed by atoms with Gasteiger partial charge in [0.25, 0.3) is 0 Å². The Bertz CT molecular complexity index is 637. The second kappa shape index (κ2) is 5.53. The van der Waals surface area contributed by atoms with Crippen LogP contribution < -0.4 is 0 Å². The van der Waals surface area contributed by atoms with Crippen LogP contribution in [-0.4, -0.2) is 53.3 Å². The van der Waals surface area contributed by atoms with Crippen LogP contribution in [0.5, 0.6) is 0 Å². The third-order valence-corrected chi connectivity index (χ3v) is 19.6. The van der Waals surface area contributed by atoms with Gasteiger partial charge in [0, 0.05) is 0 Å². The summed E-state index contributed by atoms with van der Waals surface area (Å²) in [4.78, 5) is 13.9. The van der Waals surface area contributed by atoms with Crippen molar-refractivity contribution in [3.05, 3.63) is 19.6 Å². The van der Waals surface area contributed by atoms with Gasteiger partial charge < -0.3 is 0 Å². The Morgan fingerprint density at radius 2 is 1.00 bits per heavy atom. The second-order valence-electron chi connectivity index (χ2n) is 11.8. The summed E-state index contributed by atoms with van der Waals surface area (Å²) in [6, 6.07) is 0. The minimum atomic E-state index is -1.60. The van der Waals surface area contributed by atoms with E-state index in [0.29, 0.717) is 5.78 Å². The first-order chi connectivity index (χ1) is 10.4. The molecule has 0 unspecified atom stereocenters. The number of hydrogen-bond donors (Lipinski definition) is 0. The first-order valence-electron chi connectivity index (χ1n) is 9.28. The van der Waals surface area contributed by atoms with Gasteiger partial charge in [-0.15, -0.1) is 0 Å². The number of Topliss-reactive ketones (excluding diaryl/α,β-unsaturated/α-hetero) is 1. The Hall–Kier alpha value is 0.550. The SMILES string of the molecule is C[Si](C)(C)[C]1=C([Si](C)(C)C)C(=O)[C]2([Al+]1)C([Si](C)(C)C)=C2[Si](C)(C)C. The maximum atomic E-state index is 13.9. The normalized spacial score (nSPS) is 21.4. The molecule has 1 aliphatic carbocycles. The Labute approximate surface area is 160 Å². The van der Waals surface area contributed by atoms with Gasteiger partial charge in [-0.3, -0.25) is 0 Å². The van der Waals surface area contributed by atoms with E-state index in [1.807, 2.05) is 0 Å². The van der Waals surface area contributed by atoms with Crippen molar-refractivity contribution in [3.63, 3.8) is 0 Å². The summed E-state index contributed by atoms with van der Waals surface area (Å²) >= 11 is 0.119. The van der Waals surface area contributed by atoms with E-state index in [2.05, 4.69) is 78.6 Å². The van der Waals surface area contributed by atoms with Crippen molar-refractivity contribution in [1.82, 2.24) is 0 Å². The Morgan fingerprint density at radius 3 is 1.21 bits per heavy atom. The Kier molecular flexibility index (Phi) is 4.80. The molecule has 0 aromatic heterocycles. The van der Waals surface area contributed by atoms with Crippen LogP contribution in [0.3, 0.4) is 0 Å². The van der Waals surface area contributed by atoms with Gasteiger partial charge in [-0.2, -0.15) is 0 Å². The van der Waals surface area contributed by atoms with Crippen molar-refractivity contribution in [2.24, 2.45) is 0 Å². The molecule has 6 heteroatoms. The molecule has 1 heterocycles. The fourth-order valence-electron chi connectivity index (χ4n) is 4.61. The molecule has 2 rings (SSSR count). The quantitative estimate of drug-likeness (QED) is 0.562. The monoisotopic (exact) mass is 407 g/mol. The van der Waals surface area contributed by atoms with Crippen LogP contribution >= 0.6 is 0 Å². The molecular formula is C18H36AlOSi4+. The van der Waals surface area contributed by atoms with E-state index in [9.17, 15) is 4.79 Å². The molecule has 2 aliphatic rings. The summed E-state index contributed by atoms with van der Waals surface area (Å²) in [5.41, 5.74) is 0. The van der Waals surface area contributed by atoms with E-state index in [4.69, 9.17) is 0 Å². The number of hydrogen-bond acceptors (Lipinski definition) is 1. The number of allylic oxidation sites excluding steroid dienone is 3. The third kappa shape index (κ3) is 3.16. The molecule has 0 amide bonds. The molecule has 0 atom stereocenters. The van der Waals surface area contributed by atoms with Crippen molar-refractivity contribution in [1.29, 1.82) is 0 Å². The molecule has 1 nitrogen and oxygen atoms in total. The maximum absolute atomic E-state index is 13.9. The van der Waals surface area contributed by atoms with Crippen LogP contribution in [0.2, 0.25) is 82.8 Å². The zero-order chi connectivity index (χ0) is 19.1. The average Bonchev–Trinajstić information content (AvgIpc) is 2.85. The van der Waals surface area contributed by atoms with Gasteiger partial charge in [0.2, 0.25) is 0 Å². The van der Waals surface area contributed by atoms with Crippen molar-refractivity contribution in [3.8, 4) is 0 Å². The molecule has 0 aromatic carbocycles. The molecule has 0 saturated heterocycles. The molecule has 0 bridgehead atoms. The van der Waals surface area contributed by atoms with E-state index in [-0.39, 0.29) is 19.5 Å². The minimum absolute atomic E-state index is 0.0415. The zero-order valence-electron chi connectivity index (χ0n) is 18.0. The third-order valence-electron chi connectivity index (χ3n) is 5.25. The topological polar surface area (TPSA) is 17.1 Å². The molecule has 0 aromatic rings. The molecule has 1 spiro atoms. The first kappa shape index (κ1) is 20.9. The number of carbonyl (C=O) groups excluding carboxylic acids is 1. The average molecular weight is 408 g/mol. The number of rotatable bonds is 4. The predicted molar refractivity (Wildman–Crippen MR) is 121 cm³/mol. The van der Waals surface area contributed by atoms with Gasteiger partial charge in [0.1, 0.15) is 0 Å². The van der Waals surface area contributed by atoms with Crippen LogP contribution in [0.25, 0.3) is 0 Å². The van der Waals surface area contributed by atoms with Crippen LogP contribution in [0, 0.1) is 0 Å². The summed E-state index contributed by atoms with van der Waals surface area (Å²) in [5.74, 6) is 0.601. The van der Waals surface area contributed by atoms with Gasteiger partial charge in [-0.05, 0) is 0 Å². The molecule has 0 fully saturated rings. The molecule has 1 aliphatic heterocycles. The van der Waals surface area contributed by atoms with Gasteiger partial charge in [0.05, 0.1) is 0 Å². The summed E-state index contributed by atoms with van der Waals surface area (Å²) in [6.07, 6.45) is 0. The van der Waals surface area contributed by atoms with Crippen molar-refractivity contribution < 1.29 is 4.79 Å². The van der Waals surface area contributed by atoms with Crippen LogP contribution in [0.15, 0.2) is 19.6 Å². The van der Waals surface area contributed by atoms with Gasteiger partial charge in [-0.25, -0.2) is 0 Å². The van der Waals surface area contributed by atoms with Gasteiger partial charge in [0.15, 0.2) is 0 Å². The van der Waals surface area contributed by atoms with E-state index >= 15 is 0 Å². The fourth-order valence-corrected chi connectivity index (χ4v) is 25.2. The van der Waals surface area contributed by atoms with Crippen molar-refractivity contribution in [2.45, 2.75) is 82.8 Å². The van der Waals surface area contributed by atoms with E-state index < -0.39 is 32.3 Å². The molecule has 132 valence electrons. The zero-order valence-corrected chi connectivity index (χ0v) is 23.1. The summed E-state index contributed by atoms with van der Waals surface area (Å²) in [6.45, 7) is 29.3. The Balaban J connectivity index is 2.65. The van der Waals surface area contributed by atoms with Crippen molar-refractivity contribution >= 4 is 53.3 Å². The first-order valence-corrected chi connectivity index (χ1v) is 24.4. The molecule has 24 heavy (non-hydrogen) atoms. The van der Waals surface area contributed by atoms with Crippen LogP contribution in [-0.2, 0) is 4.79 Å². The summed E-state index contributed by atoms with van der Waals surface area (Å²) in [7, 11) is -5.90. The standard InChI is InChI=1S/C18H36OSi4.Al/c1-20(2,3)13-14(21(4,5)6)16(19)15-17(22(7,8)9)18(15)23(10,11)12;/h1-12H3;/q;+1. The summed E-state index contributed by atoms with van der Waals surface area (Å²) in [5, 5.41) is 4.76. The van der Waals surface area contributed by atoms with E-state index in [1.54, 1.807) is 14.5 Å². The van der Waals surface area contributed by atoms with Gasteiger partial charge in [-0.1, -0.05) is 0 Å². The molecular weight excluding hydrogens is 372 g/mol. The van der Waals surface area contributed by atoms with Crippen LogP contribution in [0.1, 0.15) is 0 Å². The van der Waals surface area contributed by atoms with Crippen molar-refractivity contribution in [2.75, 3.05) is 0 Å². The van der Waals surface area contributed by atoms with Gasteiger partial charge >= 0.3 is 161 Å². The number of ketones is 1. The van der Waals surface area contributed by atoms with Crippen LogP contribution in [0.4, 0.5) is 0 Å². The molecule has 0 N–H and O–H groups in total. The fraction of sp³-hybridized carbons (Fsp3) is 0.722. The molecule has 0 saturated carbocycles. The second-order valence-corrected chi connectivity index (χ2v) is 34.2. The summed E-state index contributed by atoms with van der Waals surface area (Å²) < 4.78 is 1.66. The van der Waals surface area contributed by atoms with E-state index in [1.165, 1.54) is 5.20 Å².